The molecule has 2 aromatic carbocycles. The Labute approximate surface area is 213 Å². The first-order valence-corrected chi connectivity index (χ1v) is 10.2. The van der Waals surface area contributed by atoms with Crippen LogP contribution >= 0.6 is 24.0 Å². The third-order valence-corrected chi connectivity index (χ3v) is 4.94. The molecule has 0 bridgehead atoms. The molecule has 0 saturated heterocycles. The zero-order valence-electron chi connectivity index (χ0n) is 18.8. The van der Waals surface area contributed by atoms with Crippen LogP contribution in [-0.2, 0) is 17.1 Å². The van der Waals surface area contributed by atoms with Gasteiger partial charge >= 0.3 is 17.1 Å². The van der Waals surface area contributed by atoms with Crippen LogP contribution in [0.4, 0.5) is 0 Å². The number of pyridine rings is 2. The minimum absolute atomic E-state index is 0. The van der Waals surface area contributed by atoms with Gasteiger partial charge in [-0.2, -0.15) is 42.5 Å². The topological polar surface area (TPSA) is 60.8 Å². The summed E-state index contributed by atoms with van der Waals surface area (Å²) >= 11 is 5.73. The molecule has 170 valence electrons. The van der Waals surface area contributed by atoms with Crippen molar-refractivity contribution in [2.75, 3.05) is 0 Å². The van der Waals surface area contributed by atoms with Gasteiger partial charge in [0.1, 0.15) is 0 Å². The van der Waals surface area contributed by atoms with Crippen molar-refractivity contribution in [1.82, 2.24) is 16.1 Å². The molecule has 0 amide bonds. The number of hydrogen-bond donors (Lipinski definition) is 1. The fraction of sp³-hybridized carbons (Fsp3) is 0.231. The van der Waals surface area contributed by atoms with E-state index in [4.69, 9.17) is 16.6 Å². The molecule has 0 saturated carbocycles. The first-order chi connectivity index (χ1) is 13.9. The van der Waals surface area contributed by atoms with Crippen molar-refractivity contribution in [2.45, 2.75) is 39.5 Å². The van der Waals surface area contributed by atoms with Crippen LogP contribution in [0.25, 0.3) is 21.8 Å². The summed E-state index contributed by atoms with van der Waals surface area (Å²) in [5.41, 5.74) is 4.91. The molecular weight excluding hydrogens is 481 g/mol. The zero-order valence-corrected chi connectivity index (χ0v) is 21.5. The molecule has 0 unspecified atom stereocenters. The molecule has 0 spiro atoms. The molecule has 2 aromatic heterocycles. The van der Waals surface area contributed by atoms with Gasteiger partial charge in [0.15, 0.2) is 0 Å². The number of fused-ring (bicyclic) bond motifs is 3. The molecular formula is C26H29Cl2FeN3. The summed E-state index contributed by atoms with van der Waals surface area (Å²) in [6.45, 7) is 12.2. The zero-order chi connectivity index (χ0) is 21.0. The third-order valence-electron chi connectivity index (χ3n) is 4.72. The van der Waals surface area contributed by atoms with Crippen molar-refractivity contribution in [3.63, 3.8) is 0 Å². The molecule has 32 heavy (non-hydrogen) atoms. The molecule has 3 N–H and O–H groups in total. The van der Waals surface area contributed by atoms with Crippen LogP contribution in [0.2, 0.25) is 5.02 Å². The summed E-state index contributed by atoms with van der Waals surface area (Å²) in [5.74, 6) is 0.924. The Bertz CT molecular complexity index is 1160. The van der Waals surface area contributed by atoms with Crippen LogP contribution in [-0.4, -0.2) is 9.97 Å². The van der Waals surface area contributed by atoms with E-state index in [1.807, 2.05) is 30.3 Å². The summed E-state index contributed by atoms with van der Waals surface area (Å²) in [5, 5.41) is 2.91. The molecule has 4 rings (SSSR count). The summed E-state index contributed by atoms with van der Waals surface area (Å²) in [7, 11) is 0. The van der Waals surface area contributed by atoms with E-state index in [1.54, 1.807) is 0 Å². The Hall–Kier alpha value is -1.94. The largest absolute Gasteiger partial charge is 2.00 e. The number of halogens is 2. The van der Waals surface area contributed by atoms with Gasteiger partial charge in [-0.25, -0.2) is 6.08 Å². The van der Waals surface area contributed by atoms with Gasteiger partial charge in [-0.1, -0.05) is 50.9 Å². The SMILES string of the molecule is C=[C-]c1ccc2ccc3ccc(C(C)C)nc3c2n1.CC(C)c1[c-]c(Cl)ccc1.Cl.N.[Fe+2]. The first-order valence-electron chi connectivity index (χ1n) is 9.80. The van der Waals surface area contributed by atoms with Crippen LogP contribution in [0.3, 0.4) is 0 Å². The Morgan fingerprint density at radius 1 is 0.844 bits per heavy atom. The molecule has 0 radical (unpaired) electrons. The Balaban J connectivity index is 0.000000642. The van der Waals surface area contributed by atoms with Gasteiger partial charge in [-0.15, -0.1) is 35.8 Å². The van der Waals surface area contributed by atoms with Gasteiger partial charge in [0.2, 0.25) is 0 Å². The molecule has 2 heterocycles. The van der Waals surface area contributed by atoms with Gasteiger partial charge in [0.05, 0.1) is 11.0 Å². The maximum absolute atomic E-state index is 5.73. The second-order valence-electron chi connectivity index (χ2n) is 7.58. The van der Waals surface area contributed by atoms with Crippen LogP contribution in [0.15, 0.2) is 61.2 Å². The van der Waals surface area contributed by atoms with Crippen molar-refractivity contribution in [3.8, 4) is 0 Å². The number of aromatic nitrogens is 2. The van der Waals surface area contributed by atoms with Crippen molar-refractivity contribution in [1.29, 1.82) is 0 Å². The number of rotatable bonds is 3. The van der Waals surface area contributed by atoms with E-state index >= 15 is 0 Å². The number of hydrogen-bond acceptors (Lipinski definition) is 3. The van der Waals surface area contributed by atoms with Crippen LogP contribution in [0.1, 0.15) is 56.5 Å². The molecule has 3 nitrogen and oxygen atoms in total. The summed E-state index contributed by atoms with van der Waals surface area (Å²) in [6.07, 6.45) is 2.83. The predicted octanol–water partition coefficient (Wildman–Crippen LogP) is 8.09. The maximum Gasteiger partial charge on any atom is 2.00 e. The van der Waals surface area contributed by atoms with E-state index in [0.29, 0.717) is 16.9 Å². The fourth-order valence-electron chi connectivity index (χ4n) is 3.00. The average molecular weight is 510 g/mol. The second-order valence-corrected chi connectivity index (χ2v) is 7.99. The standard InChI is InChI=1S/C17H15N2.C9H10Cl.ClH.Fe.H3N/c1-4-14-9-7-12-5-6-13-8-10-15(11(2)3)19-17(13)16(12)18-14;1-7(2)8-4-3-5-9(10)6-8;;;/h5-11H,1H2,2-3H3;3-5,7H,1-2H3;1H;;1H3/q2*-1;;+2;. The van der Waals surface area contributed by atoms with Crippen molar-refractivity contribution >= 4 is 45.8 Å². The van der Waals surface area contributed by atoms with E-state index in [2.05, 4.69) is 75.7 Å². The van der Waals surface area contributed by atoms with Gasteiger partial charge in [-0.05, 0) is 23.3 Å². The first kappa shape index (κ1) is 30.1. The van der Waals surface area contributed by atoms with E-state index in [1.165, 1.54) is 5.56 Å². The minimum Gasteiger partial charge on any atom is -0.344 e. The van der Waals surface area contributed by atoms with Gasteiger partial charge in [0, 0.05) is 11.1 Å². The Morgan fingerprint density at radius 2 is 1.41 bits per heavy atom. The number of benzene rings is 2. The van der Waals surface area contributed by atoms with Gasteiger partial charge < -0.3 is 6.15 Å². The molecule has 0 atom stereocenters. The Morgan fingerprint density at radius 3 is 1.91 bits per heavy atom. The predicted molar refractivity (Wildman–Crippen MR) is 136 cm³/mol. The molecule has 0 aliphatic carbocycles. The van der Waals surface area contributed by atoms with Gasteiger partial charge in [0.25, 0.3) is 0 Å². The van der Waals surface area contributed by atoms with E-state index in [9.17, 15) is 0 Å². The normalized spacial score (nSPS) is 9.97. The van der Waals surface area contributed by atoms with Crippen molar-refractivity contribution < 1.29 is 17.1 Å². The van der Waals surface area contributed by atoms with E-state index in [0.717, 1.165) is 33.2 Å². The van der Waals surface area contributed by atoms with E-state index in [-0.39, 0.29) is 35.6 Å². The Kier molecular flexibility index (Phi) is 12.7. The minimum atomic E-state index is 0. The number of nitrogens with zero attached hydrogens (tertiary/aromatic N) is 2. The van der Waals surface area contributed by atoms with Crippen molar-refractivity contribution in [2.24, 2.45) is 0 Å². The smallest absolute Gasteiger partial charge is 0.344 e. The van der Waals surface area contributed by atoms with Crippen LogP contribution in [0, 0.1) is 12.1 Å². The average Bonchev–Trinajstić information content (AvgIpc) is 2.73. The van der Waals surface area contributed by atoms with Crippen LogP contribution < -0.4 is 6.15 Å². The van der Waals surface area contributed by atoms with Crippen molar-refractivity contribution in [3.05, 3.63) is 95.3 Å². The van der Waals surface area contributed by atoms with Crippen LogP contribution in [0.5, 0.6) is 0 Å². The third kappa shape index (κ3) is 7.30. The summed E-state index contributed by atoms with van der Waals surface area (Å²) in [6, 6.07) is 21.2. The molecule has 0 aliphatic rings. The quantitative estimate of drug-likeness (QED) is 0.172. The molecule has 6 heteroatoms. The molecule has 4 aromatic rings. The maximum atomic E-state index is 5.73. The second kappa shape index (κ2) is 13.6. The monoisotopic (exact) mass is 509 g/mol. The molecule has 0 fully saturated rings. The van der Waals surface area contributed by atoms with E-state index < -0.39 is 0 Å². The summed E-state index contributed by atoms with van der Waals surface area (Å²) < 4.78 is 0. The summed E-state index contributed by atoms with van der Waals surface area (Å²) in [4.78, 5) is 9.35. The molecule has 0 aliphatic heterocycles. The van der Waals surface area contributed by atoms with Gasteiger partial charge in [-0.3, -0.25) is 9.97 Å². The fourth-order valence-corrected chi connectivity index (χ4v) is 3.18.